The Balaban J connectivity index is 1.69. The van der Waals surface area contributed by atoms with Gasteiger partial charge in [0.15, 0.2) is 0 Å². The van der Waals surface area contributed by atoms with E-state index >= 15 is 0 Å². The number of nitrogens with zero attached hydrogens (tertiary/aromatic N) is 3. The third-order valence-corrected chi connectivity index (χ3v) is 7.92. The third kappa shape index (κ3) is 9.65. The minimum atomic E-state index is -0.0880. The molecule has 0 saturated heterocycles. The highest BCUT2D eigenvalue weighted by molar-refractivity contribution is 9.10. The largest absolute Gasteiger partial charge is 0.345 e. The molecular weight excluding hydrogens is 562 g/mol. The van der Waals surface area contributed by atoms with Crippen molar-refractivity contribution < 1.29 is 9.59 Å². The average Bonchev–Trinajstić information content (AvgIpc) is 3.39. The van der Waals surface area contributed by atoms with Gasteiger partial charge in [0.25, 0.3) is 5.91 Å². The zero-order valence-corrected chi connectivity index (χ0v) is 26.3. The number of carbonyl (C=O) groups is 2. The highest BCUT2D eigenvalue weighted by Crippen LogP contribution is 2.17. The second-order valence-corrected chi connectivity index (χ2v) is 11.9. The van der Waals surface area contributed by atoms with Crippen molar-refractivity contribution >= 4 is 27.7 Å². The van der Waals surface area contributed by atoms with Gasteiger partial charge in [0.05, 0.1) is 6.54 Å². The molecule has 6 heteroatoms. The first-order valence-corrected chi connectivity index (χ1v) is 15.7. The minimum absolute atomic E-state index is 0.0144. The fourth-order valence-electron chi connectivity index (χ4n) is 4.84. The smallest absolute Gasteiger partial charge is 0.254 e. The van der Waals surface area contributed by atoms with Crippen LogP contribution < -0.4 is 0 Å². The normalized spacial score (nSPS) is 11.2. The molecule has 2 aromatic carbocycles. The van der Waals surface area contributed by atoms with Crippen LogP contribution in [0.25, 0.3) is 0 Å². The molecule has 0 aliphatic heterocycles. The van der Waals surface area contributed by atoms with Gasteiger partial charge in [-0.2, -0.15) is 0 Å². The molecule has 0 N–H and O–H groups in total. The number of benzene rings is 2. The Kier molecular flexibility index (Phi) is 13.0. The van der Waals surface area contributed by atoms with E-state index in [2.05, 4.69) is 70.9 Å². The van der Waals surface area contributed by atoms with E-state index in [-0.39, 0.29) is 24.4 Å². The Morgan fingerprint density at radius 3 is 2.17 bits per heavy atom. The van der Waals surface area contributed by atoms with Crippen molar-refractivity contribution in [3.63, 3.8) is 0 Å². The van der Waals surface area contributed by atoms with Crippen LogP contribution in [0.1, 0.15) is 93.4 Å². The molecule has 0 spiro atoms. The summed E-state index contributed by atoms with van der Waals surface area (Å²) in [7, 11) is 0. The summed E-state index contributed by atoms with van der Waals surface area (Å²) < 4.78 is 3.26. The van der Waals surface area contributed by atoms with Crippen LogP contribution in [-0.4, -0.2) is 45.3 Å². The zero-order chi connectivity index (χ0) is 28.9. The molecule has 0 atom stereocenters. The number of amides is 2. The molecule has 2 amide bonds. The van der Waals surface area contributed by atoms with E-state index in [1.54, 1.807) is 4.90 Å². The Hall–Kier alpha value is -2.86. The van der Waals surface area contributed by atoms with Crippen molar-refractivity contribution in [2.75, 3.05) is 13.1 Å². The van der Waals surface area contributed by atoms with Gasteiger partial charge >= 0.3 is 0 Å². The molecule has 0 radical (unpaired) electrons. The minimum Gasteiger partial charge on any atom is -0.345 e. The molecule has 0 aliphatic carbocycles. The summed E-state index contributed by atoms with van der Waals surface area (Å²) in [6.07, 6.45) is 9.94. The van der Waals surface area contributed by atoms with Crippen molar-refractivity contribution in [3.8, 4) is 0 Å². The quantitative estimate of drug-likeness (QED) is 0.154. The lowest BCUT2D eigenvalue weighted by Gasteiger charge is -2.30. The van der Waals surface area contributed by atoms with Gasteiger partial charge < -0.3 is 14.4 Å². The molecule has 216 valence electrons. The average molecular weight is 609 g/mol. The van der Waals surface area contributed by atoms with Gasteiger partial charge in [0.2, 0.25) is 5.91 Å². The van der Waals surface area contributed by atoms with E-state index in [1.807, 2.05) is 49.1 Å². The molecule has 1 heterocycles. The molecule has 0 fully saturated rings. The highest BCUT2D eigenvalue weighted by Gasteiger charge is 2.25. The van der Waals surface area contributed by atoms with Crippen molar-refractivity contribution in [1.82, 2.24) is 14.4 Å². The van der Waals surface area contributed by atoms with Crippen molar-refractivity contribution in [2.24, 2.45) is 0 Å². The number of carbonyl (C=O) groups excluding carboxylic acids is 2. The zero-order valence-electron chi connectivity index (χ0n) is 24.7. The predicted molar refractivity (Wildman–Crippen MR) is 168 cm³/mol. The van der Waals surface area contributed by atoms with E-state index in [1.165, 1.54) is 36.8 Å². The maximum atomic E-state index is 13.7. The first kappa shape index (κ1) is 31.7. The maximum absolute atomic E-state index is 13.7. The second-order valence-electron chi connectivity index (χ2n) is 11.0. The van der Waals surface area contributed by atoms with E-state index in [0.29, 0.717) is 18.7 Å². The van der Waals surface area contributed by atoms with Gasteiger partial charge in [0, 0.05) is 41.1 Å². The van der Waals surface area contributed by atoms with Crippen LogP contribution in [0.5, 0.6) is 0 Å². The van der Waals surface area contributed by atoms with Crippen LogP contribution in [0, 0.1) is 0 Å². The summed E-state index contributed by atoms with van der Waals surface area (Å²) >= 11 is 3.50. The fraction of sp³-hybridized carbons (Fsp3) is 0.471. The summed E-state index contributed by atoms with van der Waals surface area (Å²) in [6.45, 7) is 10.3. The van der Waals surface area contributed by atoms with Gasteiger partial charge in [-0.05, 0) is 80.6 Å². The predicted octanol–water partition coefficient (Wildman–Crippen LogP) is 8.10. The fourth-order valence-corrected chi connectivity index (χ4v) is 5.10. The molecule has 0 bridgehead atoms. The molecule has 5 nitrogen and oxygen atoms in total. The van der Waals surface area contributed by atoms with Crippen LogP contribution in [0.2, 0.25) is 0 Å². The summed E-state index contributed by atoms with van der Waals surface area (Å²) in [4.78, 5) is 30.8. The van der Waals surface area contributed by atoms with Crippen LogP contribution in [0.15, 0.2) is 71.3 Å². The molecule has 1 aromatic heterocycles. The van der Waals surface area contributed by atoms with Gasteiger partial charge in [-0.3, -0.25) is 9.59 Å². The molecule has 3 aromatic rings. The maximum Gasteiger partial charge on any atom is 0.254 e. The number of hydrogen-bond donors (Lipinski definition) is 0. The lowest BCUT2D eigenvalue weighted by atomic mass is 10.0. The monoisotopic (exact) mass is 607 g/mol. The highest BCUT2D eigenvalue weighted by atomic mass is 79.9. The van der Waals surface area contributed by atoms with E-state index < -0.39 is 0 Å². The van der Waals surface area contributed by atoms with E-state index in [9.17, 15) is 9.59 Å². The standard InChI is InChI=1S/C34H46BrN3O2/c1-5-7-9-10-12-28-14-18-30(19-15-28)34(40)38(27(3)4)26-33(39)37(22-8-6-2)25-32-13-11-23-36(32)24-29-16-20-31(35)21-17-29/h11,13-21,23,27H,5-10,12,22,24-26H2,1-4H3. The number of rotatable bonds is 16. The summed E-state index contributed by atoms with van der Waals surface area (Å²) in [5, 5.41) is 0. The van der Waals surface area contributed by atoms with Crippen molar-refractivity contribution in [1.29, 1.82) is 0 Å². The first-order valence-electron chi connectivity index (χ1n) is 14.9. The molecule has 40 heavy (non-hydrogen) atoms. The van der Waals surface area contributed by atoms with Crippen LogP contribution in [0.4, 0.5) is 0 Å². The summed E-state index contributed by atoms with van der Waals surface area (Å²) in [5.74, 6) is -0.102. The molecule has 3 rings (SSSR count). The van der Waals surface area contributed by atoms with E-state index in [0.717, 1.165) is 36.0 Å². The van der Waals surface area contributed by atoms with Crippen LogP contribution >= 0.6 is 15.9 Å². The molecule has 0 unspecified atom stereocenters. The Morgan fingerprint density at radius 1 is 0.850 bits per heavy atom. The number of halogens is 1. The van der Waals surface area contributed by atoms with Gasteiger partial charge in [-0.25, -0.2) is 0 Å². The third-order valence-electron chi connectivity index (χ3n) is 7.39. The van der Waals surface area contributed by atoms with Crippen LogP contribution in [0.3, 0.4) is 0 Å². The topological polar surface area (TPSA) is 45.6 Å². The second kappa shape index (κ2) is 16.4. The van der Waals surface area contributed by atoms with Crippen molar-refractivity contribution in [2.45, 2.75) is 91.8 Å². The summed E-state index contributed by atoms with van der Waals surface area (Å²) in [5.41, 5.74) is 4.19. The molecular formula is C34H46BrN3O2. The lowest BCUT2D eigenvalue weighted by molar-refractivity contribution is -0.133. The number of hydrogen-bond acceptors (Lipinski definition) is 2. The number of aryl methyl sites for hydroxylation is 1. The molecule has 0 saturated carbocycles. The SMILES string of the molecule is CCCCCCc1ccc(C(=O)N(CC(=O)N(CCCC)Cc2cccn2Cc2ccc(Br)cc2)C(C)C)cc1. The van der Waals surface area contributed by atoms with E-state index in [4.69, 9.17) is 0 Å². The van der Waals surface area contributed by atoms with Gasteiger partial charge in [-0.15, -0.1) is 0 Å². The first-order chi connectivity index (χ1) is 19.3. The molecule has 0 aliphatic rings. The van der Waals surface area contributed by atoms with Crippen LogP contribution in [-0.2, 0) is 24.3 Å². The summed E-state index contributed by atoms with van der Waals surface area (Å²) in [6, 6.07) is 20.3. The Bertz CT molecular complexity index is 1180. The van der Waals surface area contributed by atoms with Gasteiger partial charge in [-0.1, -0.05) is 79.7 Å². The lowest BCUT2D eigenvalue weighted by Crippen LogP contribution is -2.46. The number of aromatic nitrogens is 1. The van der Waals surface area contributed by atoms with Gasteiger partial charge in [0.1, 0.15) is 6.54 Å². The number of unbranched alkanes of at least 4 members (excludes halogenated alkanes) is 4. The Morgan fingerprint density at radius 2 is 1.52 bits per heavy atom. The van der Waals surface area contributed by atoms with Crippen molar-refractivity contribution in [3.05, 3.63) is 93.7 Å². The Labute approximate surface area is 249 Å².